The number of nitrogens with one attached hydrogen (secondary N) is 2. The molecule has 0 fully saturated rings. The fourth-order valence-electron chi connectivity index (χ4n) is 1.92. The molecule has 0 atom stereocenters. The van der Waals surface area contributed by atoms with Gasteiger partial charge in [0.25, 0.3) is 0 Å². The second-order valence-corrected chi connectivity index (χ2v) is 7.24. The molecule has 1 aromatic heterocycles. The molecule has 0 aliphatic rings. The first-order valence-corrected chi connectivity index (χ1v) is 9.54. The molecule has 132 valence electrons. The number of hydrogen-bond acceptors (Lipinski definition) is 8. The molecule has 0 unspecified atom stereocenters. The third-order valence-electron chi connectivity index (χ3n) is 3.14. The predicted octanol–water partition coefficient (Wildman–Crippen LogP) is 4.73. The Kier molecular flexibility index (Phi) is 6.29. The molecule has 3 rings (SSSR count). The Morgan fingerprint density at radius 2 is 1.73 bits per heavy atom. The Bertz CT molecular complexity index is 880. The van der Waals surface area contributed by atoms with Crippen LogP contribution in [-0.2, 0) is 4.79 Å². The minimum Gasteiger partial charge on any atom is -0.363 e. The van der Waals surface area contributed by atoms with Crippen molar-refractivity contribution in [1.82, 2.24) is 10.2 Å². The molecule has 26 heavy (non-hydrogen) atoms. The van der Waals surface area contributed by atoms with Crippen LogP contribution in [0.25, 0.3) is 0 Å². The molecular weight excluding hydrogens is 368 g/mol. The highest BCUT2D eigenvalue weighted by Gasteiger charge is 2.08. The van der Waals surface area contributed by atoms with Gasteiger partial charge in [0.1, 0.15) is 0 Å². The lowest BCUT2D eigenvalue weighted by Gasteiger charge is -2.04. The Morgan fingerprint density at radius 1 is 1.04 bits per heavy atom. The molecular formula is C17H16N6OS2. The number of benzene rings is 2. The van der Waals surface area contributed by atoms with E-state index in [1.807, 2.05) is 30.3 Å². The second-order valence-electron chi connectivity index (χ2n) is 5.04. The summed E-state index contributed by atoms with van der Waals surface area (Å²) in [6, 6.07) is 16.7. The minimum absolute atomic E-state index is 0.102. The van der Waals surface area contributed by atoms with Crippen LogP contribution in [0.2, 0.25) is 0 Å². The van der Waals surface area contributed by atoms with Crippen LogP contribution in [-0.4, -0.2) is 28.9 Å². The fraction of sp³-hybridized carbons (Fsp3) is 0.118. The van der Waals surface area contributed by atoms with Crippen LogP contribution in [0.4, 0.5) is 22.2 Å². The summed E-state index contributed by atoms with van der Waals surface area (Å²) in [6.45, 7) is 0. The smallest absolute Gasteiger partial charge is 0.234 e. The molecule has 0 saturated heterocycles. The zero-order valence-corrected chi connectivity index (χ0v) is 15.5. The van der Waals surface area contributed by atoms with Crippen molar-refractivity contribution in [3.63, 3.8) is 0 Å². The molecule has 1 heterocycles. The lowest BCUT2D eigenvalue weighted by atomic mass is 10.3. The number of amides is 1. The highest BCUT2D eigenvalue weighted by Crippen LogP contribution is 2.25. The van der Waals surface area contributed by atoms with E-state index in [1.54, 1.807) is 31.3 Å². The van der Waals surface area contributed by atoms with Gasteiger partial charge < -0.3 is 10.6 Å². The molecule has 7 nitrogen and oxygen atoms in total. The lowest BCUT2D eigenvalue weighted by Crippen LogP contribution is -2.13. The molecule has 2 N–H and O–H groups in total. The summed E-state index contributed by atoms with van der Waals surface area (Å²) >= 11 is 2.77. The quantitative estimate of drug-likeness (QED) is 0.454. The number of rotatable bonds is 7. The predicted molar refractivity (Wildman–Crippen MR) is 106 cm³/mol. The summed E-state index contributed by atoms with van der Waals surface area (Å²) in [4.78, 5) is 12.0. The van der Waals surface area contributed by atoms with E-state index in [0.717, 1.165) is 20.8 Å². The number of azo groups is 1. The summed E-state index contributed by atoms with van der Waals surface area (Å²) in [6.07, 6.45) is 0. The molecule has 0 bridgehead atoms. The van der Waals surface area contributed by atoms with Gasteiger partial charge >= 0.3 is 0 Å². The molecule has 2 aromatic carbocycles. The first-order chi connectivity index (χ1) is 12.7. The molecule has 0 radical (unpaired) electrons. The topological polar surface area (TPSA) is 91.6 Å². The van der Waals surface area contributed by atoms with Crippen LogP contribution in [0.5, 0.6) is 0 Å². The number of carbonyl (C=O) groups is 1. The fourth-order valence-corrected chi connectivity index (χ4v) is 3.42. The van der Waals surface area contributed by atoms with E-state index in [-0.39, 0.29) is 11.7 Å². The maximum absolute atomic E-state index is 12.0. The van der Waals surface area contributed by atoms with Gasteiger partial charge in [-0.1, -0.05) is 41.3 Å². The first kappa shape index (κ1) is 18.0. The van der Waals surface area contributed by atoms with Gasteiger partial charge in [0, 0.05) is 12.7 Å². The molecule has 3 aromatic rings. The van der Waals surface area contributed by atoms with Gasteiger partial charge in [-0.05, 0) is 36.4 Å². The zero-order valence-electron chi connectivity index (χ0n) is 13.9. The molecule has 0 aliphatic heterocycles. The number of hydrogen-bond donors (Lipinski definition) is 2. The molecule has 1 amide bonds. The summed E-state index contributed by atoms with van der Waals surface area (Å²) in [7, 11) is 1.78. The summed E-state index contributed by atoms with van der Waals surface area (Å²) in [5.41, 5.74) is 2.22. The van der Waals surface area contributed by atoms with E-state index in [0.29, 0.717) is 5.69 Å². The molecule has 9 heteroatoms. The van der Waals surface area contributed by atoms with Crippen LogP contribution >= 0.6 is 23.1 Å². The number of nitrogens with zero attached hydrogens (tertiary/aromatic N) is 4. The maximum Gasteiger partial charge on any atom is 0.234 e. The van der Waals surface area contributed by atoms with E-state index in [2.05, 4.69) is 31.1 Å². The van der Waals surface area contributed by atoms with Crippen molar-refractivity contribution in [2.24, 2.45) is 10.2 Å². The van der Waals surface area contributed by atoms with Crippen molar-refractivity contribution in [3.05, 3.63) is 54.6 Å². The van der Waals surface area contributed by atoms with E-state index >= 15 is 0 Å². The summed E-state index contributed by atoms with van der Waals surface area (Å²) in [5.74, 6) is 0.170. The zero-order chi connectivity index (χ0) is 18.2. The number of thioether (sulfide) groups is 1. The van der Waals surface area contributed by atoms with Gasteiger partial charge in [0.2, 0.25) is 11.0 Å². The van der Waals surface area contributed by atoms with Crippen LogP contribution in [0, 0.1) is 0 Å². The van der Waals surface area contributed by atoms with Crippen molar-refractivity contribution < 1.29 is 4.79 Å². The highest BCUT2D eigenvalue weighted by atomic mass is 32.2. The Hall–Kier alpha value is -2.78. The standard InChI is InChI=1S/C17H16N6OS2/c1-18-16-22-23-17(26-16)25-11-15(24)19-12-7-9-14(10-8-12)21-20-13-5-3-2-4-6-13/h2-10H,11H2,1H3,(H,18,22)(H,19,24). The van der Waals surface area contributed by atoms with Crippen LogP contribution in [0.1, 0.15) is 0 Å². The van der Waals surface area contributed by atoms with Crippen molar-refractivity contribution >= 4 is 51.2 Å². The van der Waals surface area contributed by atoms with E-state index in [4.69, 9.17) is 0 Å². The lowest BCUT2D eigenvalue weighted by molar-refractivity contribution is -0.113. The van der Waals surface area contributed by atoms with Crippen LogP contribution < -0.4 is 10.6 Å². The van der Waals surface area contributed by atoms with Crippen molar-refractivity contribution in [1.29, 1.82) is 0 Å². The summed E-state index contributed by atoms with van der Waals surface area (Å²) < 4.78 is 0.751. The first-order valence-electron chi connectivity index (χ1n) is 7.74. The van der Waals surface area contributed by atoms with Crippen molar-refractivity contribution in [2.75, 3.05) is 23.4 Å². The van der Waals surface area contributed by atoms with Crippen molar-refractivity contribution in [2.45, 2.75) is 4.34 Å². The van der Waals surface area contributed by atoms with E-state index < -0.39 is 0 Å². The number of carbonyl (C=O) groups excluding carboxylic acids is 1. The number of anilines is 2. The number of aromatic nitrogens is 2. The average molecular weight is 384 g/mol. The minimum atomic E-state index is -0.102. The largest absolute Gasteiger partial charge is 0.363 e. The Balaban J connectivity index is 1.50. The average Bonchev–Trinajstić information content (AvgIpc) is 3.15. The van der Waals surface area contributed by atoms with Gasteiger partial charge in [0.15, 0.2) is 4.34 Å². The third-order valence-corrected chi connectivity index (χ3v) is 5.21. The van der Waals surface area contributed by atoms with Gasteiger partial charge in [0.05, 0.1) is 17.1 Å². The Morgan fingerprint density at radius 3 is 2.38 bits per heavy atom. The normalized spacial score (nSPS) is 10.8. The summed E-state index contributed by atoms with van der Waals surface area (Å²) in [5, 5.41) is 22.7. The SMILES string of the molecule is CNc1nnc(SCC(=O)Nc2ccc(N=Nc3ccccc3)cc2)s1. The Labute approximate surface area is 159 Å². The second kappa shape index (κ2) is 9.07. The van der Waals surface area contributed by atoms with Gasteiger partial charge in [-0.15, -0.1) is 10.2 Å². The van der Waals surface area contributed by atoms with Crippen LogP contribution in [0.15, 0.2) is 69.2 Å². The molecule has 0 saturated carbocycles. The van der Waals surface area contributed by atoms with Gasteiger partial charge in [-0.25, -0.2) is 0 Å². The third kappa shape index (κ3) is 5.36. The maximum atomic E-state index is 12.0. The van der Waals surface area contributed by atoms with Crippen LogP contribution in [0.3, 0.4) is 0 Å². The molecule has 0 aliphatic carbocycles. The highest BCUT2D eigenvalue weighted by molar-refractivity contribution is 8.01. The molecule has 0 spiro atoms. The van der Waals surface area contributed by atoms with Gasteiger partial charge in [-0.3, -0.25) is 4.79 Å². The van der Waals surface area contributed by atoms with Gasteiger partial charge in [-0.2, -0.15) is 10.2 Å². The van der Waals surface area contributed by atoms with E-state index in [1.165, 1.54) is 23.1 Å². The van der Waals surface area contributed by atoms with Crippen molar-refractivity contribution in [3.8, 4) is 0 Å². The monoisotopic (exact) mass is 384 g/mol. The van der Waals surface area contributed by atoms with E-state index in [9.17, 15) is 4.79 Å².